The van der Waals surface area contributed by atoms with E-state index in [2.05, 4.69) is 15.9 Å². The SMILES string of the molecule is Cc1cc(Br)ccc1C(O)c1ccc(F)c(C(F)(F)F)c1. The Kier molecular flexibility index (Phi) is 4.39. The molecular formula is C15H11BrF4O. The minimum Gasteiger partial charge on any atom is -0.384 e. The molecule has 1 atom stereocenters. The Bertz CT molecular complexity index is 667. The number of rotatable bonds is 2. The van der Waals surface area contributed by atoms with Gasteiger partial charge in [-0.25, -0.2) is 4.39 Å². The van der Waals surface area contributed by atoms with Gasteiger partial charge in [0.1, 0.15) is 11.9 Å². The van der Waals surface area contributed by atoms with Crippen molar-refractivity contribution in [3.8, 4) is 0 Å². The Morgan fingerprint density at radius 2 is 1.76 bits per heavy atom. The molecule has 0 amide bonds. The third-order valence-electron chi connectivity index (χ3n) is 3.14. The lowest BCUT2D eigenvalue weighted by molar-refractivity contribution is -0.140. The Hall–Kier alpha value is -1.40. The van der Waals surface area contributed by atoms with Gasteiger partial charge in [0.25, 0.3) is 0 Å². The minimum atomic E-state index is -4.80. The van der Waals surface area contributed by atoms with Crippen LogP contribution >= 0.6 is 15.9 Å². The highest BCUT2D eigenvalue weighted by Gasteiger charge is 2.34. The van der Waals surface area contributed by atoms with Crippen LogP contribution in [0.15, 0.2) is 40.9 Å². The lowest BCUT2D eigenvalue weighted by atomic mass is 9.96. The number of aryl methyl sites for hydroxylation is 1. The first kappa shape index (κ1) is 16.0. The van der Waals surface area contributed by atoms with Gasteiger partial charge in [-0.15, -0.1) is 0 Å². The van der Waals surface area contributed by atoms with E-state index in [0.29, 0.717) is 11.6 Å². The van der Waals surface area contributed by atoms with Crippen molar-refractivity contribution in [3.63, 3.8) is 0 Å². The molecule has 0 fully saturated rings. The molecule has 0 bridgehead atoms. The standard InChI is InChI=1S/C15H11BrF4O/c1-8-6-10(16)3-4-11(8)14(21)9-2-5-13(17)12(7-9)15(18,19)20/h2-7,14,21H,1H3. The maximum Gasteiger partial charge on any atom is 0.419 e. The lowest BCUT2D eigenvalue weighted by Gasteiger charge is -2.16. The van der Waals surface area contributed by atoms with E-state index in [9.17, 15) is 22.7 Å². The lowest BCUT2D eigenvalue weighted by Crippen LogP contribution is -2.10. The molecule has 21 heavy (non-hydrogen) atoms. The van der Waals surface area contributed by atoms with Crippen LogP contribution in [0.25, 0.3) is 0 Å². The molecule has 2 aromatic carbocycles. The van der Waals surface area contributed by atoms with Crippen LogP contribution in [-0.4, -0.2) is 5.11 Å². The van der Waals surface area contributed by atoms with Gasteiger partial charge in [0.15, 0.2) is 0 Å². The van der Waals surface area contributed by atoms with Crippen molar-refractivity contribution in [3.05, 3.63) is 68.9 Å². The molecule has 0 aliphatic rings. The van der Waals surface area contributed by atoms with E-state index in [0.717, 1.165) is 22.2 Å². The first-order valence-corrected chi connectivity index (χ1v) is 6.80. The highest BCUT2D eigenvalue weighted by molar-refractivity contribution is 9.10. The molecule has 0 aromatic heterocycles. The van der Waals surface area contributed by atoms with Crippen molar-refractivity contribution in [1.29, 1.82) is 0 Å². The number of halogens is 5. The molecule has 0 aliphatic heterocycles. The van der Waals surface area contributed by atoms with E-state index >= 15 is 0 Å². The van der Waals surface area contributed by atoms with Crippen molar-refractivity contribution in [2.24, 2.45) is 0 Å². The predicted molar refractivity (Wildman–Crippen MR) is 74.3 cm³/mol. The summed E-state index contributed by atoms with van der Waals surface area (Å²) in [5, 5.41) is 10.2. The summed E-state index contributed by atoms with van der Waals surface area (Å²) in [4.78, 5) is 0. The molecule has 0 radical (unpaired) electrons. The van der Waals surface area contributed by atoms with E-state index in [-0.39, 0.29) is 5.56 Å². The fraction of sp³-hybridized carbons (Fsp3) is 0.200. The fourth-order valence-electron chi connectivity index (χ4n) is 2.06. The van der Waals surface area contributed by atoms with Crippen LogP contribution in [0.5, 0.6) is 0 Å². The zero-order chi connectivity index (χ0) is 15.8. The average Bonchev–Trinajstić information content (AvgIpc) is 2.37. The quantitative estimate of drug-likeness (QED) is 0.745. The van der Waals surface area contributed by atoms with Crippen LogP contribution < -0.4 is 0 Å². The van der Waals surface area contributed by atoms with Crippen LogP contribution in [0.1, 0.15) is 28.4 Å². The summed E-state index contributed by atoms with van der Waals surface area (Å²) in [6.07, 6.45) is -6.05. The smallest absolute Gasteiger partial charge is 0.384 e. The van der Waals surface area contributed by atoms with Crippen LogP contribution in [-0.2, 0) is 6.18 Å². The molecule has 0 saturated heterocycles. The summed E-state index contributed by atoms with van der Waals surface area (Å²) in [6.45, 7) is 1.73. The van der Waals surface area contributed by atoms with Crippen molar-refractivity contribution < 1.29 is 22.7 Å². The Morgan fingerprint density at radius 1 is 1.10 bits per heavy atom. The Morgan fingerprint density at radius 3 is 2.33 bits per heavy atom. The first-order chi connectivity index (χ1) is 9.70. The summed E-state index contributed by atoms with van der Waals surface area (Å²) in [6, 6.07) is 7.54. The van der Waals surface area contributed by atoms with Gasteiger partial charge in [-0.1, -0.05) is 28.1 Å². The highest BCUT2D eigenvalue weighted by atomic mass is 79.9. The van der Waals surface area contributed by atoms with Crippen molar-refractivity contribution >= 4 is 15.9 Å². The van der Waals surface area contributed by atoms with E-state index in [1.165, 1.54) is 0 Å². The summed E-state index contributed by atoms with van der Waals surface area (Å²) < 4.78 is 52.1. The van der Waals surface area contributed by atoms with E-state index < -0.39 is 23.7 Å². The van der Waals surface area contributed by atoms with Crippen LogP contribution in [0.3, 0.4) is 0 Å². The van der Waals surface area contributed by atoms with E-state index in [1.54, 1.807) is 25.1 Å². The number of hydrogen-bond donors (Lipinski definition) is 1. The first-order valence-electron chi connectivity index (χ1n) is 6.01. The second-order valence-corrected chi connectivity index (χ2v) is 5.56. The molecule has 112 valence electrons. The van der Waals surface area contributed by atoms with Gasteiger partial charge in [0.05, 0.1) is 5.56 Å². The topological polar surface area (TPSA) is 20.2 Å². The molecular weight excluding hydrogens is 352 g/mol. The fourth-order valence-corrected chi connectivity index (χ4v) is 2.53. The van der Waals surface area contributed by atoms with Crippen LogP contribution in [0.4, 0.5) is 17.6 Å². The molecule has 6 heteroatoms. The largest absolute Gasteiger partial charge is 0.419 e. The van der Waals surface area contributed by atoms with Gasteiger partial charge >= 0.3 is 6.18 Å². The number of aliphatic hydroxyl groups is 1. The molecule has 0 aliphatic carbocycles. The minimum absolute atomic E-state index is 0.00542. The molecule has 1 nitrogen and oxygen atoms in total. The highest BCUT2D eigenvalue weighted by Crippen LogP contribution is 2.34. The number of benzene rings is 2. The van der Waals surface area contributed by atoms with Gasteiger partial charge in [-0.2, -0.15) is 13.2 Å². The molecule has 1 unspecified atom stereocenters. The number of alkyl halides is 3. The molecule has 0 spiro atoms. The number of hydrogen-bond acceptors (Lipinski definition) is 1. The van der Waals surface area contributed by atoms with Gasteiger partial charge in [-0.05, 0) is 47.9 Å². The van der Waals surface area contributed by atoms with Gasteiger partial charge in [-0.3, -0.25) is 0 Å². The third kappa shape index (κ3) is 3.44. The molecule has 1 N–H and O–H groups in total. The maximum absolute atomic E-state index is 13.3. The van der Waals surface area contributed by atoms with Gasteiger partial charge < -0.3 is 5.11 Å². The summed E-state index contributed by atoms with van der Waals surface area (Å²) in [5.74, 6) is -1.36. The molecule has 2 rings (SSSR count). The Labute approximate surface area is 127 Å². The molecule has 2 aromatic rings. The third-order valence-corrected chi connectivity index (χ3v) is 3.63. The summed E-state index contributed by atoms with van der Waals surface area (Å²) in [5.41, 5.74) is -0.198. The van der Waals surface area contributed by atoms with E-state index in [4.69, 9.17) is 0 Å². The Balaban J connectivity index is 2.46. The van der Waals surface area contributed by atoms with Gasteiger partial charge in [0, 0.05) is 4.47 Å². The van der Waals surface area contributed by atoms with Crippen molar-refractivity contribution in [1.82, 2.24) is 0 Å². The second-order valence-electron chi connectivity index (χ2n) is 4.64. The number of aliphatic hydroxyl groups excluding tert-OH is 1. The van der Waals surface area contributed by atoms with Crippen molar-refractivity contribution in [2.75, 3.05) is 0 Å². The summed E-state index contributed by atoms with van der Waals surface area (Å²) >= 11 is 3.27. The zero-order valence-corrected chi connectivity index (χ0v) is 12.5. The average molecular weight is 363 g/mol. The monoisotopic (exact) mass is 362 g/mol. The van der Waals surface area contributed by atoms with Crippen molar-refractivity contribution in [2.45, 2.75) is 19.2 Å². The van der Waals surface area contributed by atoms with Gasteiger partial charge in [0.2, 0.25) is 0 Å². The predicted octanol–water partition coefficient (Wildman–Crippen LogP) is 5.00. The van der Waals surface area contributed by atoms with Crippen LogP contribution in [0, 0.1) is 12.7 Å². The zero-order valence-electron chi connectivity index (χ0n) is 10.9. The maximum atomic E-state index is 13.3. The van der Waals surface area contributed by atoms with E-state index in [1.807, 2.05) is 0 Å². The second kappa shape index (κ2) is 5.77. The molecule has 0 heterocycles. The van der Waals surface area contributed by atoms with Crippen LogP contribution in [0.2, 0.25) is 0 Å². The summed E-state index contributed by atoms with van der Waals surface area (Å²) in [7, 11) is 0. The normalized spacial score (nSPS) is 13.3. The molecule has 0 saturated carbocycles.